The van der Waals surface area contributed by atoms with Crippen molar-refractivity contribution in [1.29, 1.82) is 0 Å². The van der Waals surface area contributed by atoms with Gasteiger partial charge in [-0.25, -0.2) is 9.18 Å². The van der Waals surface area contributed by atoms with E-state index in [1.165, 1.54) is 24.3 Å². The molecule has 0 bridgehead atoms. The number of nitrogens with zero attached hydrogens (tertiary/aromatic N) is 2. The van der Waals surface area contributed by atoms with E-state index in [0.29, 0.717) is 24.2 Å². The molecule has 1 aromatic heterocycles. The van der Waals surface area contributed by atoms with Gasteiger partial charge in [0.25, 0.3) is 5.91 Å². The predicted molar refractivity (Wildman–Crippen MR) is 121 cm³/mol. The summed E-state index contributed by atoms with van der Waals surface area (Å²) in [6, 6.07) is 13.0. The fourth-order valence-electron chi connectivity index (χ4n) is 4.02. The molecule has 2 heterocycles. The SMILES string of the molecule is CCC(OC(=O)c1c2c(nc3ccccc13)CCN(CC)C2)C(=O)Nc1ccc(F)cc1. The summed E-state index contributed by atoms with van der Waals surface area (Å²) < 4.78 is 18.9. The van der Waals surface area contributed by atoms with Crippen molar-refractivity contribution < 1.29 is 18.7 Å². The van der Waals surface area contributed by atoms with Crippen LogP contribution in [0.5, 0.6) is 0 Å². The number of benzene rings is 2. The van der Waals surface area contributed by atoms with Crippen LogP contribution in [0.4, 0.5) is 10.1 Å². The van der Waals surface area contributed by atoms with E-state index < -0.39 is 23.8 Å². The topological polar surface area (TPSA) is 71.5 Å². The number of aromatic nitrogens is 1. The van der Waals surface area contributed by atoms with Crippen molar-refractivity contribution in [3.8, 4) is 0 Å². The highest BCUT2D eigenvalue weighted by Crippen LogP contribution is 2.29. The summed E-state index contributed by atoms with van der Waals surface area (Å²) in [7, 11) is 0. The number of ether oxygens (including phenoxy) is 1. The van der Waals surface area contributed by atoms with E-state index in [0.717, 1.165) is 41.7 Å². The van der Waals surface area contributed by atoms with Gasteiger partial charge in [0.15, 0.2) is 6.10 Å². The van der Waals surface area contributed by atoms with Crippen LogP contribution in [0.3, 0.4) is 0 Å². The number of halogens is 1. The average Bonchev–Trinajstić information content (AvgIpc) is 2.81. The lowest BCUT2D eigenvalue weighted by Crippen LogP contribution is -2.35. The van der Waals surface area contributed by atoms with Gasteiger partial charge >= 0.3 is 5.97 Å². The third kappa shape index (κ3) is 4.48. The summed E-state index contributed by atoms with van der Waals surface area (Å²) >= 11 is 0. The Morgan fingerprint density at radius 1 is 1.16 bits per heavy atom. The number of anilines is 1. The Kier molecular flexibility index (Phi) is 6.46. The molecule has 3 aromatic rings. The van der Waals surface area contributed by atoms with Gasteiger partial charge < -0.3 is 10.1 Å². The molecule has 32 heavy (non-hydrogen) atoms. The minimum atomic E-state index is -0.971. The molecule has 1 unspecified atom stereocenters. The van der Waals surface area contributed by atoms with E-state index >= 15 is 0 Å². The first-order chi connectivity index (χ1) is 15.5. The highest BCUT2D eigenvalue weighted by atomic mass is 19.1. The van der Waals surface area contributed by atoms with Crippen molar-refractivity contribution in [2.24, 2.45) is 0 Å². The van der Waals surface area contributed by atoms with Gasteiger partial charge in [-0.1, -0.05) is 32.0 Å². The number of esters is 1. The monoisotopic (exact) mass is 435 g/mol. The quantitative estimate of drug-likeness (QED) is 0.584. The van der Waals surface area contributed by atoms with E-state index in [-0.39, 0.29) is 0 Å². The first-order valence-corrected chi connectivity index (χ1v) is 10.9. The molecule has 4 rings (SSSR count). The van der Waals surface area contributed by atoms with Gasteiger partial charge in [0.2, 0.25) is 0 Å². The molecule has 1 aliphatic heterocycles. The van der Waals surface area contributed by atoms with E-state index in [9.17, 15) is 14.0 Å². The molecule has 0 saturated carbocycles. The van der Waals surface area contributed by atoms with Gasteiger partial charge in [-0.3, -0.25) is 14.7 Å². The molecule has 1 amide bonds. The average molecular weight is 435 g/mol. The third-order valence-corrected chi connectivity index (χ3v) is 5.80. The molecule has 1 aliphatic rings. The number of rotatable bonds is 6. The number of likely N-dealkylation sites (N-methyl/N-ethyl adjacent to an activating group) is 1. The van der Waals surface area contributed by atoms with E-state index in [1.807, 2.05) is 24.3 Å². The zero-order chi connectivity index (χ0) is 22.7. The molecule has 166 valence electrons. The molecule has 0 spiro atoms. The molecule has 2 aromatic carbocycles. The normalized spacial score (nSPS) is 14.6. The van der Waals surface area contributed by atoms with Crippen molar-refractivity contribution in [3.05, 3.63) is 71.2 Å². The summed E-state index contributed by atoms with van der Waals surface area (Å²) in [5.74, 6) is -1.37. The smallest absolute Gasteiger partial charge is 0.340 e. The number of hydrogen-bond acceptors (Lipinski definition) is 5. The van der Waals surface area contributed by atoms with Crippen LogP contribution in [0.15, 0.2) is 48.5 Å². The van der Waals surface area contributed by atoms with Crippen LogP contribution in [-0.2, 0) is 22.5 Å². The second-order valence-electron chi connectivity index (χ2n) is 7.85. The second kappa shape index (κ2) is 9.44. The van der Waals surface area contributed by atoms with Gasteiger partial charge in [0, 0.05) is 41.8 Å². The molecule has 0 radical (unpaired) electrons. The van der Waals surface area contributed by atoms with Gasteiger partial charge in [-0.2, -0.15) is 0 Å². The Morgan fingerprint density at radius 2 is 1.91 bits per heavy atom. The number of amides is 1. The second-order valence-corrected chi connectivity index (χ2v) is 7.85. The van der Waals surface area contributed by atoms with Crippen molar-refractivity contribution >= 4 is 28.5 Å². The highest BCUT2D eigenvalue weighted by Gasteiger charge is 2.29. The van der Waals surface area contributed by atoms with Gasteiger partial charge in [-0.15, -0.1) is 0 Å². The third-order valence-electron chi connectivity index (χ3n) is 5.80. The maximum Gasteiger partial charge on any atom is 0.340 e. The van der Waals surface area contributed by atoms with Crippen LogP contribution in [0.2, 0.25) is 0 Å². The number of carbonyl (C=O) groups is 2. The lowest BCUT2D eigenvalue weighted by molar-refractivity contribution is -0.124. The first-order valence-electron chi connectivity index (χ1n) is 10.9. The maximum atomic E-state index is 13.4. The van der Waals surface area contributed by atoms with Gasteiger partial charge in [0.1, 0.15) is 5.82 Å². The lowest BCUT2D eigenvalue weighted by Gasteiger charge is -2.29. The Balaban J connectivity index is 1.63. The fraction of sp³-hybridized carbons (Fsp3) is 0.320. The zero-order valence-electron chi connectivity index (χ0n) is 18.2. The summed E-state index contributed by atoms with van der Waals surface area (Å²) in [5.41, 5.74) is 3.44. The summed E-state index contributed by atoms with van der Waals surface area (Å²) in [5, 5.41) is 3.41. The van der Waals surface area contributed by atoms with Gasteiger partial charge in [0.05, 0.1) is 11.1 Å². The number of nitrogens with one attached hydrogen (secondary N) is 1. The van der Waals surface area contributed by atoms with Crippen LogP contribution >= 0.6 is 0 Å². The van der Waals surface area contributed by atoms with E-state index in [4.69, 9.17) is 9.72 Å². The molecular weight excluding hydrogens is 409 g/mol. The van der Waals surface area contributed by atoms with Crippen LogP contribution in [0, 0.1) is 5.82 Å². The Bertz CT molecular complexity index is 1150. The fourth-order valence-corrected chi connectivity index (χ4v) is 4.02. The van der Waals surface area contributed by atoms with Crippen LogP contribution < -0.4 is 5.32 Å². The van der Waals surface area contributed by atoms with Gasteiger partial charge in [-0.05, 0) is 43.3 Å². The molecule has 0 fully saturated rings. The molecule has 0 saturated heterocycles. The highest BCUT2D eigenvalue weighted by molar-refractivity contribution is 6.06. The van der Waals surface area contributed by atoms with Crippen molar-refractivity contribution in [1.82, 2.24) is 9.88 Å². The largest absolute Gasteiger partial charge is 0.449 e. The Labute approximate surface area is 186 Å². The summed E-state index contributed by atoms with van der Waals surface area (Å²) in [4.78, 5) is 33.2. The van der Waals surface area contributed by atoms with Crippen LogP contribution in [-0.4, -0.2) is 41.0 Å². The molecule has 1 N–H and O–H groups in total. The number of fused-ring (bicyclic) bond motifs is 2. The zero-order valence-corrected chi connectivity index (χ0v) is 18.2. The predicted octanol–water partition coefficient (Wildman–Crippen LogP) is 4.33. The molecule has 6 nitrogen and oxygen atoms in total. The minimum absolute atomic E-state index is 0.311. The lowest BCUT2D eigenvalue weighted by atomic mass is 9.95. The number of carbonyl (C=O) groups excluding carboxylic acids is 2. The van der Waals surface area contributed by atoms with Crippen molar-refractivity contribution in [2.45, 2.75) is 39.3 Å². The number of para-hydroxylation sites is 1. The van der Waals surface area contributed by atoms with E-state index in [2.05, 4.69) is 17.1 Å². The summed E-state index contributed by atoms with van der Waals surface area (Å²) in [6.07, 6.45) is 0.0997. The van der Waals surface area contributed by atoms with Crippen molar-refractivity contribution in [3.63, 3.8) is 0 Å². The van der Waals surface area contributed by atoms with Crippen LogP contribution in [0.1, 0.15) is 41.9 Å². The van der Waals surface area contributed by atoms with Crippen LogP contribution in [0.25, 0.3) is 10.9 Å². The molecular formula is C25H26FN3O3. The maximum absolute atomic E-state index is 13.4. The molecule has 0 aliphatic carbocycles. The van der Waals surface area contributed by atoms with E-state index in [1.54, 1.807) is 6.92 Å². The minimum Gasteiger partial charge on any atom is -0.449 e. The first kappa shape index (κ1) is 21.9. The Hall–Kier alpha value is -3.32. The van der Waals surface area contributed by atoms with Crippen molar-refractivity contribution in [2.75, 3.05) is 18.4 Å². The number of pyridine rings is 1. The Morgan fingerprint density at radius 3 is 2.62 bits per heavy atom. The number of hydrogen-bond donors (Lipinski definition) is 1. The molecule has 1 atom stereocenters. The molecule has 7 heteroatoms. The summed E-state index contributed by atoms with van der Waals surface area (Å²) in [6.45, 7) is 6.25. The standard InChI is InChI=1S/C25H26FN3O3/c1-3-22(24(30)27-17-11-9-16(26)10-12-17)32-25(31)23-18-7-5-6-8-20(18)28-21-13-14-29(4-2)15-19(21)23/h5-12,22H,3-4,13-15H2,1-2H3,(H,27,30).